The van der Waals surface area contributed by atoms with Gasteiger partial charge in [0.25, 0.3) is 0 Å². The number of hydrogen-bond donors (Lipinski definition) is 2. The number of aromatic amines is 1. The number of hydrogen-bond acceptors (Lipinski definition) is 3. The predicted molar refractivity (Wildman–Crippen MR) is 56.0 cm³/mol. The van der Waals surface area contributed by atoms with Gasteiger partial charge in [-0.1, -0.05) is 13.8 Å². The Morgan fingerprint density at radius 3 is 2.93 bits per heavy atom. The van der Waals surface area contributed by atoms with Crippen LogP contribution in [0.1, 0.15) is 19.7 Å². The number of nitrogens with one attached hydrogen (secondary N) is 1. The molecule has 2 rings (SSSR count). The van der Waals surface area contributed by atoms with Crippen molar-refractivity contribution >= 4 is 11.0 Å². The Morgan fingerprint density at radius 1 is 1.50 bits per heavy atom. The molecule has 0 aliphatic rings. The lowest BCUT2D eigenvalue weighted by Gasteiger charge is -2.18. The third-order valence-corrected chi connectivity index (χ3v) is 2.43. The summed E-state index contributed by atoms with van der Waals surface area (Å²) in [4.78, 5) is 11.7. The van der Waals surface area contributed by atoms with E-state index in [1.807, 2.05) is 6.07 Å². The Labute approximate surface area is 82.6 Å². The minimum atomic E-state index is -0.112. The van der Waals surface area contributed by atoms with Crippen LogP contribution in [0.4, 0.5) is 0 Å². The van der Waals surface area contributed by atoms with Crippen LogP contribution in [0.3, 0.4) is 0 Å². The van der Waals surface area contributed by atoms with Crippen LogP contribution >= 0.6 is 0 Å². The smallest absolute Gasteiger partial charge is 0.114 e. The fourth-order valence-electron chi connectivity index (χ4n) is 1.27. The zero-order chi connectivity index (χ0) is 10.2. The Bertz CT molecular complexity index is 411. The van der Waals surface area contributed by atoms with Crippen molar-refractivity contribution in [3.63, 3.8) is 0 Å². The molecular formula is C10H14N4. The molecule has 0 radical (unpaired) electrons. The Hall–Kier alpha value is -1.42. The molecule has 74 valence electrons. The van der Waals surface area contributed by atoms with Gasteiger partial charge in [0.15, 0.2) is 0 Å². The van der Waals surface area contributed by atoms with Crippen LogP contribution < -0.4 is 5.73 Å². The third kappa shape index (κ3) is 1.37. The van der Waals surface area contributed by atoms with Gasteiger partial charge in [-0.25, -0.2) is 4.98 Å². The SMILES string of the molecule is CC(C)(CN)c1nc2ccncc2[nH]1. The molecule has 0 bridgehead atoms. The average molecular weight is 190 g/mol. The summed E-state index contributed by atoms with van der Waals surface area (Å²) in [5.74, 6) is 0.919. The zero-order valence-corrected chi connectivity index (χ0v) is 8.41. The van der Waals surface area contributed by atoms with Crippen molar-refractivity contribution in [2.24, 2.45) is 5.73 Å². The van der Waals surface area contributed by atoms with Crippen molar-refractivity contribution in [3.05, 3.63) is 24.3 Å². The van der Waals surface area contributed by atoms with Crippen LogP contribution in [0.5, 0.6) is 0 Å². The first kappa shape index (κ1) is 9.15. The summed E-state index contributed by atoms with van der Waals surface area (Å²) in [6, 6.07) is 1.89. The number of pyridine rings is 1. The van der Waals surface area contributed by atoms with Gasteiger partial charge in [0.1, 0.15) is 5.82 Å². The number of H-pyrrole nitrogens is 1. The van der Waals surface area contributed by atoms with Crippen LogP contribution in [-0.4, -0.2) is 21.5 Å². The van der Waals surface area contributed by atoms with Crippen molar-refractivity contribution in [2.45, 2.75) is 19.3 Å². The quantitative estimate of drug-likeness (QED) is 0.747. The predicted octanol–water partition coefficient (Wildman–Crippen LogP) is 1.19. The number of nitrogens with two attached hydrogens (primary N) is 1. The van der Waals surface area contributed by atoms with Crippen LogP contribution in [0.2, 0.25) is 0 Å². The Kier molecular flexibility index (Phi) is 2.00. The monoisotopic (exact) mass is 190 g/mol. The Balaban J connectivity index is 2.55. The molecule has 0 aromatic carbocycles. The van der Waals surface area contributed by atoms with Gasteiger partial charge >= 0.3 is 0 Å². The molecule has 2 aromatic heterocycles. The maximum absolute atomic E-state index is 5.68. The first-order valence-electron chi connectivity index (χ1n) is 4.64. The van der Waals surface area contributed by atoms with E-state index in [9.17, 15) is 0 Å². The van der Waals surface area contributed by atoms with E-state index in [-0.39, 0.29) is 5.41 Å². The lowest BCUT2D eigenvalue weighted by Crippen LogP contribution is -2.29. The van der Waals surface area contributed by atoms with Crippen molar-refractivity contribution < 1.29 is 0 Å². The summed E-state index contributed by atoms with van der Waals surface area (Å²) in [7, 11) is 0. The minimum absolute atomic E-state index is 0.112. The highest BCUT2D eigenvalue weighted by molar-refractivity contribution is 5.73. The van der Waals surface area contributed by atoms with E-state index in [0.717, 1.165) is 16.9 Å². The molecule has 0 aliphatic heterocycles. The lowest BCUT2D eigenvalue weighted by molar-refractivity contribution is 0.509. The Morgan fingerprint density at radius 2 is 2.29 bits per heavy atom. The molecular weight excluding hydrogens is 176 g/mol. The number of rotatable bonds is 2. The largest absolute Gasteiger partial charge is 0.340 e. The molecule has 0 spiro atoms. The fourth-order valence-corrected chi connectivity index (χ4v) is 1.27. The van der Waals surface area contributed by atoms with E-state index in [1.54, 1.807) is 12.4 Å². The third-order valence-electron chi connectivity index (χ3n) is 2.43. The summed E-state index contributed by atoms with van der Waals surface area (Å²) < 4.78 is 0. The van der Waals surface area contributed by atoms with E-state index < -0.39 is 0 Å². The molecule has 3 N–H and O–H groups in total. The summed E-state index contributed by atoms with van der Waals surface area (Å²) >= 11 is 0. The maximum atomic E-state index is 5.68. The fraction of sp³-hybridized carbons (Fsp3) is 0.400. The van der Waals surface area contributed by atoms with Crippen LogP contribution in [0.25, 0.3) is 11.0 Å². The molecule has 0 unspecified atom stereocenters. The van der Waals surface area contributed by atoms with Crippen LogP contribution in [0, 0.1) is 0 Å². The molecule has 4 nitrogen and oxygen atoms in total. The molecule has 2 heterocycles. The highest BCUT2D eigenvalue weighted by atomic mass is 15.0. The van der Waals surface area contributed by atoms with E-state index in [4.69, 9.17) is 5.73 Å². The van der Waals surface area contributed by atoms with Gasteiger partial charge in [-0.05, 0) is 6.07 Å². The molecule has 0 fully saturated rings. The second kappa shape index (κ2) is 3.06. The molecule has 0 amide bonds. The molecule has 0 saturated heterocycles. The molecule has 0 aliphatic carbocycles. The summed E-state index contributed by atoms with van der Waals surface area (Å²) in [6.07, 6.45) is 3.51. The standard InChI is InChI=1S/C10H14N4/c1-10(2,6-11)9-13-7-3-4-12-5-8(7)14-9/h3-5H,6,11H2,1-2H3,(H,13,14). The van der Waals surface area contributed by atoms with Gasteiger partial charge in [-0.3, -0.25) is 4.98 Å². The van der Waals surface area contributed by atoms with E-state index in [2.05, 4.69) is 28.8 Å². The number of aromatic nitrogens is 3. The lowest BCUT2D eigenvalue weighted by atomic mass is 9.93. The first-order valence-corrected chi connectivity index (χ1v) is 4.64. The van der Waals surface area contributed by atoms with E-state index in [1.165, 1.54) is 0 Å². The minimum Gasteiger partial charge on any atom is -0.340 e. The normalized spacial score (nSPS) is 12.2. The van der Waals surface area contributed by atoms with Crippen LogP contribution in [-0.2, 0) is 5.41 Å². The highest BCUT2D eigenvalue weighted by Gasteiger charge is 2.22. The van der Waals surface area contributed by atoms with Crippen LogP contribution in [0.15, 0.2) is 18.5 Å². The second-order valence-corrected chi connectivity index (χ2v) is 4.07. The first-order chi connectivity index (χ1) is 6.63. The topological polar surface area (TPSA) is 67.6 Å². The van der Waals surface area contributed by atoms with Gasteiger partial charge in [-0.15, -0.1) is 0 Å². The van der Waals surface area contributed by atoms with Crippen molar-refractivity contribution in [3.8, 4) is 0 Å². The number of imidazole rings is 1. The van der Waals surface area contributed by atoms with Gasteiger partial charge in [0.05, 0.1) is 17.2 Å². The number of fused-ring (bicyclic) bond motifs is 1. The van der Waals surface area contributed by atoms with Crippen molar-refractivity contribution in [1.29, 1.82) is 0 Å². The molecule has 2 aromatic rings. The summed E-state index contributed by atoms with van der Waals surface area (Å²) in [5.41, 5.74) is 7.48. The molecule has 0 atom stereocenters. The number of nitrogens with zero attached hydrogens (tertiary/aromatic N) is 2. The van der Waals surface area contributed by atoms with Gasteiger partial charge in [0.2, 0.25) is 0 Å². The molecule has 0 saturated carbocycles. The van der Waals surface area contributed by atoms with Gasteiger partial charge in [-0.2, -0.15) is 0 Å². The average Bonchev–Trinajstić information content (AvgIpc) is 2.61. The highest BCUT2D eigenvalue weighted by Crippen LogP contribution is 2.21. The maximum Gasteiger partial charge on any atom is 0.114 e. The molecule has 4 heteroatoms. The zero-order valence-electron chi connectivity index (χ0n) is 8.41. The van der Waals surface area contributed by atoms with E-state index >= 15 is 0 Å². The van der Waals surface area contributed by atoms with Crippen molar-refractivity contribution in [2.75, 3.05) is 6.54 Å². The van der Waals surface area contributed by atoms with E-state index in [0.29, 0.717) is 6.54 Å². The van der Waals surface area contributed by atoms with Gasteiger partial charge in [0, 0.05) is 18.2 Å². The molecule has 14 heavy (non-hydrogen) atoms. The summed E-state index contributed by atoms with van der Waals surface area (Å²) in [6.45, 7) is 4.70. The van der Waals surface area contributed by atoms with Gasteiger partial charge < -0.3 is 10.7 Å². The summed E-state index contributed by atoms with van der Waals surface area (Å²) in [5, 5.41) is 0. The second-order valence-electron chi connectivity index (χ2n) is 4.07. The van der Waals surface area contributed by atoms with Crippen molar-refractivity contribution in [1.82, 2.24) is 15.0 Å².